The maximum atomic E-state index is 3.90. The number of aryl methyl sites for hydroxylation is 1. The van der Waals surface area contributed by atoms with E-state index in [2.05, 4.69) is 31.3 Å². The van der Waals surface area contributed by atoms with Crippen molar-refractivity contribution in [2.45, 2.75) is 58.0 Å². The molecule has 1 N–H and O–H groups in total. The Balaban J connectivity index is 1.62. The number of rotatable bonds is 6. The third-order valence-corrected chi connectivity index (χ3v) is 5.57. The Bertz CT molecular complexity index is 364. The molecule has 2 fully saturated rings. The Kier molecular flexibility index (Phi) is 3.27. The molecule has 1 aromatic rings. The number of hydrogen-bond donors (Lipinski definition) is 1. The van der Waals surface area contributed by atoms with Gasteiger partial charge in [0.25, 0.3) is 0 Å². The van der Waals surface area contributed by atoms with Crippen molar-refractivity contribution in [2.75, 3.05) is 0 Å². The van der Waals surface area contributed by atoms with Gasteiger partial charge in [0.2, 0.25) is 0 Å². The van der Waals surface area contributed by atoms with Crippen molar-refractivity contribution in [3.8, 4) is 0 Å². The van der Waals surface area contributed by atoms with E-state index < -0.39 is 0 Å². The van der Waals surface area contributed by atoms with E-state index in [1.54, 1.807) is 0 Å². The van der Waals surface area contributed by atoms with Crippen molar-refractivity contribution in [3.05, 3.63) is 21.9 Å². The molecule has 1 atom stereocenters. The number of hydrogen-bond acceptors (Lipinski definition) is 2. The standard InChI is InChI=1S/C15H23NS/c1-3-13-8-9-14(17-13)10(2)16-15(11-4-5-11)12-6-7-12/h8-12,15-16H,3-7H2,1-2H3. The van der Waals surface area contributed by atoms with Crippen molar-refractivity contribution >= 4 is 11.3 Å². The minimum atomic E-state index is 0.548. The van der Waals surface area contributed by atoms with Gasteiger partial charge in [-0.2, -0.15) is 0 Å². The van der Waals surface area contributed by atoms with Gasteiger partial charge < -0.3 is 5.32 Å². The topological polar surface area (TPSA) is 12.0 Å². The van der Waals surface area contributed by atoms with E-state index in [1.807, 2.05) is 11.3 Å². The van der Waals surface area contributed by atoms with Crippen LogP contribution in [0.5, 0.6) is 0 Å². The SMILES string of the molecule is CCc1ccc(C(C)NC(C2CC2)C2CC2)s1. The summed E-state index contributed by atoms with van der Waals surface area (Å²) < 4.78 is 0. The van der Waals surface area contributed by atoms with E-state index in [4.69, 9.17) is 0 Å². The molecule has 0 saturated heterocycles. The molecular formula is C15H23NS. The zero-order valence-corrected chi connectivity index (χ0v) is 11.7. The zero-order chi connectivity index (χ0) is 11.8. The fourth-order valence-corrected chi connectivity index (χ4v) is 3.72. The average molecular weight is 249 g/mol. The summed E-state index contributed by atoms with van der Waals surface area (Å²) in [5.74, 6) is 1.99. The van der Waals surface area contributed by atoms with Gasteiger partial charge >= 0.3 is 0 Å². The van der Waals surface area contributed by atoms with E-state index in [9.17, 15) is 0 Å². The van der Waals surface area contributed by atoms with Crippen LogP contribution in [-0.2, 0) is 6.42 Å². The summed E-state index contributed by atoms with van der Waals surface area (Å²) in [5, 5.41) is 3.90. The van der Waals surface area contributed by atoms with Gasteiger partial charge in [0.1, 0.15) is 0 Å². The molecule has 17 heavy (non-hydrogen) atoms. The van der Waals surface area contributed by atoms with Gasteiger partial charge in [-0.1, -0.05) is 6.92 Å². The summed E-state index contributed by atoms with van der Waals surface area (Å²) in [5.41, 5.74) is 0. The van der Waals surface area contributed by atoms with Crippen LogP contribution in [0.1, 0.15) is 55.3 Å². The molecule has 1 nitrogen and oxygen atoms in total. The van der Waals surface area contributed by atoms with Crippen LogP contribution in [0.2, 0.25) is 0 Å². The molecule has 0 aliphatic heterocycles. The molecule has 1 unspecified atom stereocenters. The molecule has 0 amide bonds. The van der Waals surface area contributed by atoms with Crippen LogP contribution in [0.3, 0.4) is 0 Å². The van der Waals surface area contributed by atoms with Crippen LogP contribution in [0.25, 0.3) is 0 Å². The van der Waals surface area contributed by atoms with Crippen LogP contribution in [0.15, 0.2) is 12.1 Å². The molecule has 1 heterocycles. The van der Waals surface area contributed by atoms with Crippen LogP contribution in [0.4, 0.5) is 0 Å². The smallest absolute Gasteiger partial charge is 0.0388 e. The first kappa shape index (κ1) is 11.7. The Morgan fingerprint density at radius 2 is 1.88 bits per heavy atom. The largest absolute Gasteiger partial charge is 0.306 e. The molecular weight excluding hydrogens is 226 g/mol. The predicted molar refractivity (Wildman–Crippen MR) is 74.5 cm³/mol. The van der Waals surface area contributed by atoms with Crippen molar-refractivity contribution < 1.29 is 0 Å². The minimum Gasteiger partial charge on any atom is -0.306 e. The molecule has 2 aliphatic carbocycles. The fourth-order valence-electron chi connectivity index (χ4n) is 2.76. The Labute approximate surface area is 109 Å². The quantitative estimate of drug-likeness (QED) is 0.798. The van der Waals surface area contributed by atoms with E-state index in [-0.39, 0.29) is 0 Å². The Morgan fingerprint density at radius 1 is 1.24 bits per heavy atom. The molecule has 1 aromatic heterocycles. The van der Waals surface area contributed by atoms with E-state index in [0.29, 0.717) is 6.04 Å². The lowest BCUT2D eigenvalue weighted by Crippen LogP contribution is -2.34. The van der Waals surface area contributed by atoms with Gasteiger partial charge in [-0.3, -0.25) is 0 Å². The van der Waals surface area contributed by atoms with Gasteiger partial charge in [0, 0.05) is 21.8 Å². The molecule has 2 saturated carbocycles. The summed E-state index contributed by atoms with van der Waals surface area (Å²) in [6.45, 7) is 4.58. The first-order chi connectivity index (χ1) is 8.28. The third-order valence-electron chi connectivity index (χ3n) is 4.16. The fraction of sp³-hybridized carbons (Fsp3) is 0.733. The van der Waals surface area contributed by atoms with E-state index in [1.165, 1.54) is 41.9 Å². The summed E-state index contributed by atoms with van der Waals surface area (Å²) in [4.78, 5) is 3.04. The summed E-state index contributed by atoms with van der Waals surface area (Å²) in [6.07, 6.45) is 7.03. The van der Waals surface area contributed by atoms with Gasteiger partial charge in [0.15, 0.2) is 0 Å². The average Bonchev–Trinajstić information content (AvgIpc) is 3.24. The van der Waals surface area contributed by atoms with E-state index >= 15 is 0 Å². The number of thiophene rings is 1. The predicted octanol–water partition coefficient (Wildman–Crippen LogP) is 4.15. The maximum absolute atomic E-state index is 3.90. The highest BCUT2D eigenvalue weighted by atomic mass is 32.1. The molecule has 94 valence electrons. The monoisotopic (exact) mass is 249 g/mol. The summed E-state index contributed by atoms with van der Waals surface area (Å²) >= 11 is 1.98. The molecule has 0 radical (unpaired) electrons. The van der Waals surface area contributed by atoms with Crippen molar-refractivity contribution in [1.29, 1.82) is 0 Å². The molecule has 2 heteroatoms. The molecule has 0 bridgehead atoms. The van der Waals surface area contributed by atoms with Crippen molar-refractivity contribution in [3.63, 3.8) is 0 Å². The van der Waals surface area contributed by atoms with Crippen LogP contribution < -0.4 is 5.32 Å². The second-order valence-electron chi connectivity index (χ2n) is 5.75. The van der Waals surface area contributed by atoms with Crippen molar-refractivity contribution in [1.82, 2.24) is 5.32 Å². The molecule has 0 spiro atoms. The summed E-state index contributed by atoms with van der Waals surface area (Å²) in [7, 11) is 0. The van der Waals surface area contributed by atoms with Crippen LogP contribution >= 0.6 is 11.3 Å². The third kappa shape index (κ3) is 2.74. The van der Waals surface area contributed by atoms with Gasteiger partial charge in [-0.05, 0) is 63.0 Å². The lowest BCUT2D eigenvalue weighted by Gasteiger charge is -2.22. The molecule has 3 rings (SSSR count). The maximum Gasteiger partial charge on any atom is 0.0388 e. The van der Waals surface area contributed by atoms with E-state index in [0.717, 1.165) is 17.9 Å². The lowest BCUT2D eigenvalue weighted by atomic mass is 10.1. The molecule has 0 aromatic carbocycles. The second kappa shape index (κ2) is 4.74. The van der Waals surface area contributed by atoms with Gasteiger partial charge in [-0.15, -0.1) is 11.3 Å². The first-order valence-electron chi connectivity index (χ1n) is 7.12. The van der Waals surface area contributed by atoms with Crippen molar-refractivity contribution in [2.24, 2.45) is 11.8 Å². The lowest BCUT2D eigenvalue weighted by molar-refractivity contribution is 0.380. The zero-order valence-electron chi connectivity index (χ0n) is 10.9. The van der Waals surface area contributed by atoms with Gasteiger partial charge in [0.05, 0.1) is 0 Å². The highest BCUT2D eigenvalue weighted by Gasteiger charge is 2.41. The Hall–Kier alpha value is -0.340. The first-order valence-corrected chi connectivity index (χ1v) is 7.94. The highest BCUT2D eigenvalue weighted by Crippen LogP contribution is 2.45. The van der Waals surface area contributed by atoms with Crippen LogP contribution in [0, 0.1) is 11.8 Å². The van der Waals surface area contributed by atoms with Gasteiger partial charge in [-0.25, -0.2) is 0 Å². The Morgan fingerprint density at radius 3 is 2.35 bits per heavy atom. The number of nitrogens with one attached hydrogen (secondary N) is 1. The van der Waals surface area contributed by atoms with Crippen LogP contribution in [-0.4, -0.2) is 6.04 Å². The summed E-state index contributed by atoms with van der Waals surface area (Å²) in [6, 6.07) is 5.98. The molecule has 2 aliphatic rings. The minimum absolute atomic E-state index is 0.548. The highest BCUT2D eigenvalue weighted by molar-refractivity contribution is 7.12. The normalized spacial score (nSPS) is 22.1. The second-order valence-corrected chi connectivity index (χ2v) is 6.95.